The molecule has 1 aromatic carbocycles. The number of nitro benzene ring substituents is 1. The largest absolute Gasteiger partial charge is 0.454 e. The van der Waals surface area contributed by atoms with E-state index in [1.165, 1.54) is 12.5 Å². The van der Waals surface area contributed by atoms with E-state index in [0.717, 1.165) is 45.2 Å². The molecule has 2 fully saturated rings. The van der Waals surface area contributed by atoms with Gasteiger partial charge in [0.15, 0.2) is 11.5 Å². The highest BCUT2D eigenvalue weighted by molar-refractivity contribution is 5.85. The second kappa shape index (κ2) is 8.79. The van der Waals surface area contributed by atoms with Crippen molar-refractivity contribution in [2.75, 3.05) is 19.9 Å². The van der Waals surface area contributed by atoms with Crippen LogP contribution in [0.1, 0.15) is 64.0 Å². The molecule has 1 saturated carbocycles. The molecule has 0 radical (unpaired) electrons. The van der Waals surface area contributed by atoms with E-state index in [-0.39, 0.29) is 24.4 Å². The number of rotatable bonds is 5. The number of nitro groups is 1. The summed E-state index contributed by atoms with van der Waals surface area (Å²) < 4.78 is 10.8. The molecule has 8 heteroatoms. The number of hydrogen-bond donors (Lipinski definition) is 1. The lowest BCUT2D eigenvalue weighted by molar-refractivity contribution is -0.386. The number of nitrogens with one attached hydrogen (secondary N) is 1. The van der Waals surface area contributed by atoms with Gasteiger partial charge in [0.1, 0.15) is 6.04 Å². The van der Waals surface area contributed by atoms with E-state index in [9.17, 15) is 14.9 Å². The van der Waals surface area contributed by atoms with E-state index in [1.54, 1.807) is 6.07 Å². The van der Waals surface area contributed by atoms with Crippen LogP contribution in [-0.2, 0) is 4.79 Å². The lowest BCUT2D eigenvalue weighted by Gasteiger charge is -2.40. The molecule has 1 aliphatic carbocycles. The van der Waals surface area contributed by atoms with E-state index >= 15 is 0 Å². The van der Waals surface area contributed by atoms with Crippen molar-refractivity contribution >= 4 is 11.6 Å². The standard InChI is InChI=1S/C22H31N3O5/c1-14-8-15(2)12-24(11-14)21(22(26)23-16-6-4-3-5-7-16)17-9-19-20(30-13-29-19)10-18(17)25(27)28/h9-10,14-16,21H,3-8,11-13H2,1-2H3,(H,23,26)/t14-,15+,21-/m0/s1. The van der Waals surface area contributed by atoms with Crippen molar-refractivity contribution < 1.29 is 19.2 Å². The molecule has 2 aliphatic heterocycles. The minimum Gasteiger partial charge on any atom is -0.454 e. The Morgan fingerprint density at radius 1 is 1.13 bits per heavy atom. The highest BCUT2D eigenvalue weighted by Gasteiger charge is 2.39. The van der Waals surface area contributed by atoms with Crippen LogP contribution in [-0.4, -0.2) is 41.7 Å². The third kappa shape index (κ3) is 4.38. The van der Waals surface area contributed by atoms with E-state index < -0.39 is 11.0 Å². The molecule has 1 saturated heterocycles. The zero-order valence-electron chi connectivity index (χ0n) is 17.8. The van der Waals surface area contributed by atoms with E-state index in [1.807, 2.05) is 0 Å². The fraction of sp³-hybridized carbons (Fsp3) is 0.682. The molecule has 164 valence electrons. The molecule has 0 unspecified atom stereocenters. The topological polar surface area (TPSA) is 93.9 Å². The second-order valence-corrected chi connectivity index (χ2v) is 9.17. The van der Waals surface area contributed by atoms with Crippen LogP contribution in [0, 0.1) is 22.0 Å². The fourth-order valence-corrected chi connectivity index (χ4v) is 5.28. The molecule has 2 heterocycles. The van der Waals surface area contributed by atoms with Gasteiger partial charge in [0.25, 0.3) is 5.69 Å². The molecular weight excluding hydrogens is 386 g/mol. The molecular formula is C22H31N3O5. The molecule has 3 aliphatic rings. The summed E-state index contributed by atoms with van der Waals surface area (Å²) in [6.07, 6.45) is 6.44. The smallest absolute Gasteiger partial charge is 0.278 e. The number of fused-ring (bicyclic) bond motifs is 1. The summed E-state index contributed by atoms with van der Waals surface area (Å²) >= 11 is 0. The van der Waals surface area contributed by atoms with E-state index in [4.69, 9.17) is 9.47 Å². The third-order valence-corrected chi connectivity index (χ3v) is 6.48. The van der Waals surface area contributed by atoms with Crippen LogP contribution in [0.2, 0.25) is 0 Å². The second-order valence-electron chi connectivity index (χ2n) is 9.17. The number of carbonyl (C=O) groups excluding carboxylic acids is 1. The number of benzene rings is 1. The Balaban J connectivity index is 1.71. The van der Waals surface area contributed by atoms with Gasteiger partial charge in [-0.1, -0.05) is 33.1 Å². The maximum atomic E-state index is 13.6. The maximum Gasteiger partial charge on any atom is 0.278 e. The summed E-state index contributed by atoms with van der Waals surface area (Å²) in [6, 6.07) is 2.46. The number of carbonyl (C=O) groups is 1. The van der Waals surface area contributed by atoms with Crippen LogP contribution in [0.4, 0.5) is 5.69 Å². The van der Waals surface area contributed by atoms with Gasteiger partial charge in [0.2, 0.25) is 12.7 Å². The quantitative estimate of drug-likeness (QED) is 0.579. The van der Waals surface area contributed by atoms with Crippen molar-refractivity contribution in [2.45, 2.75) is 64.5 Å². The Morgan fingerprint density at radius 2 is 1.77 bits per heavy atom. The van der Waals surface area contributed by atoms with Crippen molar-refractivity contribution in [1.29, 1.82) is 0 Å². The molecule has 1 amide bonds. The first-order chi connectivity index (χ1) is 14.4. The Bertz CT molecular complexity index is 798. The van der Waals surface area contributed by atoms with Gasteiger partial charge in [-0.25, -0.2) is 0 Å². The van der Waals surface area contributed by atoms with Gasteiger partial charge >= 0.3 is 0 Å². The van der Waals surface area contributed by atoms with Crippen molar-refractivity contribution in [3.8, 4) is 11.5 Å². The lowest BCUT2D eigenvalue weighted by Crippen LogP contribution is -2.49. The minimum atomic E-state index is -0.716. The van der Waals surface area contributed by atoms with Gasteiger partial charge in [-0.15, -0.1) is 0 Å². The molecule has 8 nitrogen and oxygen atoms in total. The lowest BCUT2D eigenvalue weighted by atomic mass is 9.88. The predicted molar refractivity (Wildman–Crippen MR) is 111 cm³/mol. The number of hydrogen-bond acceptors (Lipinski definition) is 6. The Kier molecular flexibility index (Phi) is 6.13. The van der Waals surface area contributed by atoms with Crippen LogP contribution in [0.25, 0.3) is 0 Å². The van der Waals surface area contributed by atoms with Gasteiger partial charge in [-0.05, 0) is 37.2 Å². The monoisotopic (exact) mass is 417 g/mol. The summed E-state index contributed by atoms with van der Waals surface area (Å²) in [5.41, 5.74) is 0.299. The zero-order chi connectivity index (χ0) is 21.3. The van der Waals surface area contributed by atoms with Gasteiger partial charge in [0.05, 0.1) is 16.6 Å². The van der Waals surface area contributed by atoms with Crippen LogP contribution >= 0.6 is 0 Å². The number of amides is 1. The van der Waals surface area contributed by atoms with E-state index in [2.05, 4.69) is 24.1 Å². The SMILES string of the molecule is C[C@@H]1C[C@H](C)CN([C@H](C(=O)NC2CCCCC2)c2cc3c(cc2[N+](=O)[O-])OCO3)C1. The maximum absolute atomic E-state index is 13.6. The molecule has 1 N–H and O–H groups in total. The number of nitrogens with zero attached hydrogens (tertiary/aromatic N) is 2. The Morgan fingerprint density at radius 3 is 2.40 bits per heavy atom. The zero-order valence-corrected chi connectivity index (χ0v) is 17.8. The number of piperidine rings is 1. The summed E-state index contributed by atoms with van der Waals surface area (Å²) in [4.78, 5) is 27.2. The summed E-state index contributed by atoms with van der Waals surface area (Å²) in [5, 5.41) is 15.1. The summed E-state index contributed by atoms with van der Waals surface area (Å²) in [5.74, 6) is 1.52. The molecule has 0 spiro atoms. The Hall–Kier alpha value is -2.35. The fourth-order valence-electron chi connectivity index (χ4n) is 5.28. The molecule has 3 atom stereocenters. The van der Waals surface area contributed by atoms with Gasteiger partial charge in [-0.2, -0.15) is 0 Å². The summed E-state index contributed by atoms with van der Waals surface area (Å²) in [6.45, 7) is 5.85. The van der Waals surface area contributed by atoms with Crippen LogP contribution < -0.4 is 14.8 Å². The molecule has 30 heavy (non-hydrogen) atoms. The van der Waals surface area contributed by atoms with Gasteiger partial charge in [-0.3, -0.25) is 19.8 Å². The van der Waals surface area contributed by atoms with Gasteiger partial charge in [0, 0.05) is 19.1 Å². The van der Waals surface area contributed by atoms with E-state index in [0.29, 0.717) is 28.9 Å². The van der Waals surface area contributed by atoms with Crippen molar-refractivity contribution in [2.24, 2.45) is 11.8 Å². The van der Waals surface area contributed by atoms with Gasteiger partial charge < -0.3 is 14.8 Å². The minimum absolute atomic E-state index is 0.0344. The predicted octanol–water partition coefficient (Wildman–Crippen LogP) is 3.79. The number of likely N-dealkylation sites (tertiary alicyclic amines) is 1. The summed E-state index contributed by atoms with van der Waals surface area (Å²) in [7, 11) is 0. The highest BCUT2D eigenvalue weighted by atomic mass is 16.7. The normalized spacial score (nSPS) is 25.7. The Labute approximate surface area is 177 Å². The molecule has 0 aromatic heterocycles. The third-order valence-electron chi connectivity index (χ3n) is 6.48. The number of ether oxygens (including phenoxy) is 2. The molecule has 1 aromatic rings. The van der Waals surface area contributed by atoms with Crippen molar-refractivity contribution in [3.05, 3.63) is 27.8 Å². The molecule has 4 rings (SSSR count). The van der Waals surface area contributed by atoms with Crippen LogP contribution in [0.5, 0.6) is 11.5 Å². The van der Waals surface area contributed by atoms with Crippen LogP contribution in [0.3, 0.4) is 0 Å². The average Bonchev–Trinajstić information content (AvgIpc) is 3.15. The first-order valence-corrected chi connectivity index (χ1v) is 11.0. The highest BCUT2D eigenvalue weighted by Crippen LogP contribution is 2.42. The van der Waals surface area contributed by atoms with Crippen LogP contribution in [0.15, 0.2) is 12.1 Å². The molecule has 0 bridgehead atoms. The first-order valence-electron chi connectivity index (χ1n) is 11.0. The van der Waals surface area contributed by atoms with Crippen molar-refractivity contribution in [1.82, 2.24) is 10.2 Å². The average molecular weight is 418 g/mol. The van der Waals surface area contributed by atoms with Crippen molar-refractivity contribution in [3.63, 3.8) is 0 Å². The first kappa shape index (κ1) is 20.9.